The highest BCUT2D eigenvalue weighted by Gasteiger charge is 2.20. The minimum atomic E-state index is -0.328. The van der Waals surface area contributed by atoms with Crippen molar-refractivity contribution in [1.29, 1.82) is 0 Å². The van der Waals surface area contributed by atoms with E-state index in [1.54, 1.807) is 7.11 Å². The van der Waals surface area contributed by atoms with E-state index >= 15 is 0 Å². The maximum Gasteiger partial charge on any atom is 0.233 e. The van der Waals surface area contributed by atoms with Crippen LogP contribution in [-0.4, -0.2) is 32.6 Å². The van der Waals surface area contributed by atoms with Crippen LogP contribution in [0.3, 0.4) is 0 Å². The molecule has 0 bridgehead atoms. The first-order valence-electron chi connectivity index (χ1n) is 10.4. The highest BCUT2D eigenvalue weighted by atomic mass is 32.2. The third-order valence-corrected chi connectivity index (χ3v) is 6.44. The third kappa shape index (κ3) is 3.76. The first-order valence-corrected chi connectivity index (χ1v) is 11.3. The van der Waals surface area contributed by atoms with E-state index in [-0.39, 0.29) is 11.2 Å². The summed E-state index contributed by atoms with van der Waals surface area (Å²) in [4.78, 5) is 22.6. The molecule has 0 saturated heterocycles. The Hall–Kier alpha value is -3.58. The second-order valence-corrected chi connectivity index (χ2v) is 8.80. The van der Waals surface area contributed by atoms with Crippen molar-refractivity contribution in [3.63, 3.8) is 0 Å². The molecular weight excluding hydrogens is 420 g/mol. The molecule has 3 aromatic carbocycles. The summed E-state index contributed by atoms with van der Waals surface area (Å²) in [6, 6.07) is 23.6. The number of carbonyl (C=O) groups excluding carboxylic acids is 1. The number of para-hydroxylation sites is 3. The van der Waals surface area contributed by atoms with Gasteiger partial charge in [-0.15, -0.1) is 0 Å². The van der Waals surface area contributed by atoms with E-state index in [0.717, 1.165) is 44.1 Å². The Morgan fingerprint density at radius 2 is 1.72 bits per heavy atom. The van der Waals surface area contributed by atoms with Crippen LogP contribution in [0.2, 0.25) is 0 Å². The second-order valence-electron chi connectivity index (χ2n) is 7.50. The summed E-state index contributed by atoms with van der Waals surface area (Å²) >= 11 is 1.44. The fourth-order valence-corrected chi connectivity index (χ4v) is 4.63. The van der Waals surface area contributed by atoms with Gasteiger partial charge in [0.05, 0.1) is 28.9 Å². The lowest BCUT2D eigenvalue weighted by Gasteiger charge is -2.14. The molecule has 2 aromatic heterocycles. The average Bonchev–Trinajstić information content (AvgIpc) is 3.23. The molecule has 1 N–H and O–H groups in total. The molecule has 5 aromatic rings. The van der Waals surface area contributed by atoms with E-state index in [9.17, 15) is 4.79 Å². The summed E-state index contributed by atoms with van der Waals surface area (Å²) in [5.74, 6) is 0.751. The largest absolute Gasteiger partial charge is 0.497 e. The van der Waals surface area contributed by atoms with Gasteiger partial charge in [-0.25, -0.2) is 9.97 Å². The van der Waals surface area contributed by atoms with Crippen molar-refractivity contribution in [2.45, 2.75) is 23.9 Å². The van der Waals surface area contributed by atoms with E-state index in [1.807, 2.05) is 79.7 Å². The van der Waals surface area contributed by atoms with Crippen LogP contribution in [0.5, 0.6) is 5.75 Å². The summed E-state index contributed by atoms with van der Waals surface area (Å²) < 4.78 is 7.24. The Morgan fingerprint density at radius 3 is 2.50 bits per heavy atom. The Labute approximate surface area is 189 Å². The summed E-state index contributed by atoms with van der Waals surface area (Å²) in [6.45, 7) is 2.36. The van der Waals surface area contributed by atoms with Crippen molar-refractivity contribution in [1.82, 2.24) is 19.7 Å². The summed E-state index contributed by atoms with van der Waals surface area (Å²) in [6.07, 6.45) is 0. The maximum atomic E-state index is 12.8. The summed E-state index contributed by atoms with van der Waals surface area (Å²) in [5, 5.41) is 4.43. The monoisotopic (exact) mass is 442 g/mol. The number of hydrogen-bond donors (Lipinski definition) is 1. The lowest BCUT2D eigenvalue weighted by molar-refractivity contribution is -0.120. The Morgan fingerprint density at radius 1 is 1.00 bits per heavy atom. The normalized spacial score (nSPS) is 12.3. The van der Waals surface area contributed by atoms with Gasteiger partial charge in [0.15, 0.2) is 5.16 Å². The van der Waals surface area contributed by atoms with E-state index in [2.05, 4.69) is 9.72 Å². The molecule has 0 spiro atoms. The first kappa shape index (κ1) is 20.3. The third-order valence-electron chi connectivity index (χ3n) is 5.39. The number of amides is 1. The zero-order chi connectivity index (χ0) is 22.1. The van der Waals surface area contributed by atoms with Gasteiger partial charge >= 0.3 is 0 Å². The van der Waals surface area contributed by atoms with Crippen LogP contribution in [0.25, 0.3) is 27.6 Å². The first-order chi connectivity index (χ1) is 15.6. The van der Waals surface area contributed by atoms with Gasteiger partial charge in [0.2, 0.25) is 5.91 Å². The number of aromatic nitrogens is 3. The Balaban J connectivity index is 1.43. The van der Waals surface area contributed by atoms with Crippen molar-refractivity contribution in [2.24, 2.45) is 0 Å². The predicted octanol–water partition coefficient (Wildman–Crippen LogP) is 4.84. The molecule has 1 amide bonds. The van der Waals surface area contributed by atoms with Gasteiger partial charge in [-0.1, -0.05) is 48.2 Å². The lowest BCUT2D eigenvalue weighted by atomic mass is 10.2. The lowest BCUT2D eigenvalue weighted by Crippen LogP contribution is -2.30. The number of nitrogens with one attached hydrogen (secondary N) is 1. The Kier molecular flexibility index (Phi) is 5.41. The van der Waals surface area contributed by atoms with Crippen LogP contribution in [0.4, 0.5) is 0 Å². The fourth-order valence-electron chi connectivity index (χ4n) is 3.68. The standard InChI is InChI=1S/C25H22N4O2S/c1-16(24(30)26-15-17-11-13-18(31-2)14-12-17)32-25-28-20-8-4-3-7-19(20)23-27-21-9-5-6-10-22(21)29(23)25/h3-14,16H,15H2,1-2H3,(H,26,30). The van der Waals surface area contributed by atoms with Gasteiger partial charge in [0, 0.05) is 11.9 Å². The molecule has 160 valence electrons. The predicted molar refractivity (Wildman–Crippen MR) is 128 cm³/mol. The number of fused-ring (bicyclic) bond motifs is 5. The van der Waals surface area contributed by atoms with Crippen molar-refractivity contribution >= 4 is 45.3 Å². The van der Waals surface area contributed by atoms with Gasteiger partial charge < -0.3 is 10.1 Å². The number of rotatable bonds is 6. The zero-order valence-electron chi connectivity index (χ0n) is 17.8. The summed E-state index contributed by atoms with van der Waals surface area (Å²) in [7, 11) is 1.64. The van der Waals surface area contributed by atoms with Crippen LogP contribution in [0, 0.1) is 0 Å². The molecule has 0 saturated carbocycles. The molecule has 7 heteroatoms. The maximum absolute atomic E-state index is 12.8. The Bertz CT molecular complexity index is 1430. The molecule has 1 unspecified atom stereocenters. The van der Waals surface area contributed by atoms with Crippen LogP contribution in [0.1, 0.15) is 12.5 Å². The van der Waals surface area contributed by atoms with E-state index in [4.69, 9.17) is 14.7 Å². The van der Waals surface area contributed by atoms with Crippen LogP contribution in [-0.2, 0) is 11.3 Å². The molecule has 1 atom stereocenters. The van der Waals surface area contributed by atoms with Crippen molar-refractivity contribution in [3.05, 3.63) is 78.4 Å². The number of ether oxygens (including phenoxy) is 1. The van der Waals surface area contributed by atoms with Crippen molar-refractivity contribution in [3.8, 4) is 5.75 Å². The van der Waals surface area contributed by atoms with Crippen LogP contribution < -0.4 is 10.1 Å². The van der Waals surface area contributed by atoms with E-state index in [0.29, 0.717) is 6.54 Å². The average molecular weight is 443 g/mol. The van der Waals surface area contributed by atoms with Gasteiger partial charge in [-0.3, -0.25) is 9.20 Å². The summed E-state index contributed by atoms with van der Waals surface area (Å²) in [5.41, 5.74) is 4.62. The molecule has 2 heterocycles. The number of hydrogen-bond acceptors (Lipinski definition) is 5. The molecule has 32 heavy (non-hydrogen) atoms. The van der Waals surface area contributed by atoms with Crippen molar-refractivity contribution in [2.75, 3.05) is 7.11 Å². The highest BCUT2D eigenvalue weighted by molar-refractivity contribution is 8.00. The molecule has 0 fully saturated rings. The number of imidazole rings is 1. The molecule has 0 aliphatic carbocycles. The molecule has 6 nitrogen and oxygen atoms in total. The highest BCUT2D eigenvalue weighted by Crippen LogP contribution is 2.30. The quantitative estimate of drug-likeness (QED) is 0.301. The number of methoxy groups -OCH3 is 1. The van der Waals surface area contributed by atoms with Gasteiger partial charge in [-0.05, 0) is 48.9 Å². The molecular formula is C25H22N4O2S. The second kappa shape index (κ2) is 8.51. The topological polar surface area (TPSA) is 68.5 Å². The number of benzene rings is 3. The minimum absolute atomic E-state index is 0.0432. The molecule has 0 aliphatic rings. The van der Waals surface area contributed by atoms with Gasteiger partial charge in [-0.2, -0.15) is 0 Å². The zero-order valence-corrected chi connectivity index (χ0v) is 18.6. The van der Waals surface area contributed by atoms with Crippen LogP contribution >= 0.6 is 11.8 Å². The van der Waals surface area contributed by atoms with Crippen LogP contribution in [0.15, 0.2) is 78.0 Å². The van der Waals surface area contributed by atoms with E-state index < -0.39 is 0 Å². The molecule has 0 radical (unpaired) electrons. The SMILES string of the molecule is COc1ccc(CNC(=O)C(C)Sc2nc3ccccc3c3nc4ccccc4n23)cc1. The van der Waals surface area contributed by atoms with Crippen molar-refractivity contribution < 1.29 is 9.53 Å². The minimum Gasteiger partial charge on any atom is -0.497 e. The number of nitrogens with zero attached hydrogens (tertiary/aromatic N) is 3. The smallest absolute Gasteiger partial charge is 0.233 e. The van der Waals surface area contributed by atoms with Gasteiger partial charge in [0.25, 0.3) is 0 Å². The molecule has 0 aliphatic heterocycles. The number of thioether (sulfide) groups is 1. The number of carbonyl (C=O) groups is 1. The fraction of sp³-hybridized carbons (Fsp3) is 0.160. The molecule has 5 rings (SSSR count). The van der Waals surface area contributed by atoms with E-state index in [1.165, 1.54) is 11.8 Å². The van der Waals surface area contributed by atoms with Gasteiger partial charge in [0.1, 0.15) is 11.4 Å².